The summed E-state index contributed by atoms with van der Waals surface area (Å²) >= 11 is 0. The number of carbonyl (C=O) groups excluding carboxylic acids is 1. The number of rotatable bonds is 2. The summed E-state index contributed by atoms with van der Waals surface area (Å²) in [6.07, 6.45) is -3.60. The van der Waals surface area contributed by atoms with Crippen LogP contribution in [-0.4, -0.2) is 63.6 Å². The van der Waals surface area contributed by atoms with Crippen molar-refractivity contribution >= 4 is 6.03 Å². The molecule has 2 rings (SSSR count). The molecule has 0 aromatic rings. The molecule has 0 radical (unpaired) electrons. The van der Waals surface area contributed by atoms with Gasteiger partial charge in [0.2, 0.25) is 0 Å². The lowest BCUT2D eigenvalue weighted by atomic mass is 10.1. The summed E-state index contributed by atoms with van der Waals surface area (Å²) in [7, 11) is 0. The number of amides is 2. The summed E-state index contributed by atoms with van der Waals surface area (Å²) < 4.78 is 5.26. The van der Waals surface area contributed by atoms with Gasteiger partial charge in [-0.15, -0.1) is 0 Å². The Hall–Kier alpha value is -1.19. The minimum atomic E-state index is -1.29. The molecule has 0 spiro atoms. The van der Waals surface area contributed by atoms with Crippen molar-refractivity contribution in [2.75, 3.05) is 6.61 Å². The lowest BCUT2D eigenvalue weighted by Gasteiger charge is -2.33. The average molecular weight is 259 g/mol. The summed E-state index contributed by atoms with van der Waals surface area (Å²) in [6, 6.07) is -0.525. The zero-order chi connectivity index (χ0) is 13.4. The second-order valence-electron chi connectivity index (χ2n) is 4.44. The van der Waals surface area contributed by atoms with E-state index in [1.807, 2.05) is 0 Å². The van der Waals surface area contributed by atoms with Crippen LogP contribution >= 0.6 is 0 Å². The van der Waals surface area contributed by atoms with Crippen LogP contribution in [0.1, 0.15) is 6.92 Å². The minimum Gasteiger partial charge on any atom is -0.394 e. The molecule has 18 heavy (non-hydrogen) atoms. The van der Waals surface area contributed by atoms with Crippen molar-refractivity contribution < 1.29 is 24.9 Å². The van der Waals surface area contributed by atoms with Gasteiger partial charge >= 0.3 is 6.03 Å². The predicted octanol–water partition coefficient (Wildman–Crippen LogP) is -2.36. The van der Waals surface area contributed by atoms with Gasteiger partial charge in [-0.3, -0.25) is 4.90 Å². The maximum absolute atomic E-state index is 11.7. The number of aliphatic hydroxyl groups excluding tert-OH is 3. The number of carbonyl (C=O) groups is 1. The van der Waals surface area contributed by atoms with Gasteiger partial charge in [-0.1, -0.05) is 0 Å². The first-order valence-electron chi connectivity index (χ1n) is 5.61. The van der Waals surface area contributed by atoms with E-state index in [1.54, 1.807) is 6.92 Å². The molecule has 5 atom stereocenters. The smallest absolute Gasteiger partial charge is 0.325 e. The van der Waals surface area contributed by atoms with E-state index in [0.717, 1.165) is 4.90 Å². The summed E-state index contributed by atoms with van der Waals surface area (Å²) in [5, 5.41) is 30.9. The topological polar surface area (TPSA) is 128 Å². The number of nitrogens with zero attached hydrogens (tertiary/aromatic N) is 1. The first kappa shape index (κ1) is 13.2. The highest BCUT2D eigenvalue weighted by atomic mass is 16.6. The Bertz CT molecular complexity index is 375. The van der Waals surface area contributed by atoms with Crippen molar-refractivity contribution in [3.63, 3.8) is 0 Å². The van der Waals surface area contributed by atoms with Gasteiger partial charge in [-0.25, -0.2) is 4.79 Å². The lowest BCUT2D eigenvalue weighted by molar-refractivity contribution is -0.0664. The predicted molar refractivity (Wildman–Crippen MR) is 59.9 cm³/mol. The Balaban J connectivity index is 2.19. The molecular weight excluding hydrogens is 242 g/mol. The largest absolute Gasteiger partial charge is 0.394 e. The summed E-state index contributed by atoms with van der Waals surface area (Å²) in [6.45, 7) is 1.28. The molecule has 0 aromatic carbocycles. The second-order valence-corrected chi connectivity index (χ2v) is 4.44. The van der Waals surface area contributed by atoms with Crippen molar-refractivity contribution in [3.05, 3.63) is 11.8 Å². The van der Waals surface area contributed by atoms with Crippen LogP contribution in [0.15, 0.2) is 11.8 Å². The number of nitrogens with two attached hydrogens (primary N) is 1. The van der Waals surface area contributed by atoms with Crippen LogP contribution < -0.4 is 11.1 Å². The fraction of sp³-hybridized carbons (Fsp3) is 0.700. The molecule has 1 saturated heterocycles. The van der Waals surface area contributed by atoms with Crippen LogP contribution in [0.4, 0.5) is 4.79 Å². The van der Waals surface area contributed by atoms with E-state index >= 15 is 0 Å². The Morgan fingerprint density at radius 3 is 2.72 bits per heavy atom. The van der Waals surface area contributed by atoms with Gasteiger partial charge in [0.05, 0.1) is 6.61 Å². The maximum Gasteiger partial charge on any atom is 0.325 e. The number of urea groups is 1. The van der Waals surface area contributed by atoms with Crippen LogP contribution in [0, 0.1) is 0 Å². The van der Waals surface area contributed by atoms with Crippen LogP contribution in [0.2, 0.25) is 0 Å². The van der Waals surface area contributed by atoms with Crippen LogP contribution in [0.3, 0.4) is 0 Å². The second kappa shape index (κ2) is 4.82. The minimum absolute atomic E-state index is 0.438. The van der Waals surface area contributed by atoms with E-state index in [0.29, 0.717) is 5.57 Å². The summed E-state index contributed by atoms with van der Waals surface area (Å²) in [5.74, 6) is 0. The molecule has 1 fully saturated rings. The molecule has 0 bridgehead atoms. The van der Waals surface area contributed by atoms with Gasteiger partial charge in [-0.2, -0.15) is 0 Å². The quantitative estimate of drug-likeness (QED) is 0.377. The number of nitrogens with one attached hydrogen (secondary N) is 1. The monoisotopic (exact) mass is 259 g/mol. The number of hydrogen-bond donors (Lipinski definition) is 5. The first-order chi connectivity index (χ1) is 8.45. The van der Waals surface area contributed by atoms with E-state index in [4.69, 9.17) is 15.6 Å². The van der Waals surface area contributed by atoms with E-state index in [-0.39, 0.29) is 0 Å². The highest BCUT2D eigenvalue weighted by Crippen LogP contribution is 2.26. The SMILES string of the molecule is CC1=CN(C2OC(CO)C(O)C2O)C(=O)NC1N. The molecule has 0 saturated carbocycles. The highest BCUT2D eigenvalue weighted by molar-refractivity contribution is 5.77. The fourth-order valence-electron chi connectivity index (χ4n) is 1.98. The molecule has 2 aliphatic rings. The van der Waals surface area contributed by atoms with Crippen molar-refractivity contribution in [1.29, 1.82) is 0 Å². The molecule has 0 aliphatic carbocycles. The van der Waals surface area contributed by atoms with E-state index in [2.05, 4.69) is 5.32 Å². The van der Waals surface area contributed by atoms with Gasteiger partial charge in [0.1, 0.15) is 24.5 Å². The lowest BCUT2D eigenvalue weighted by Crippen LogP contribution is -2.56. The fourth-order valence-corrected chi connectivity index (χ4v) is 1.98. The Morgan fingerprint density at radius 1 is 1.50 bits per heavy atom. The molecular formula is C10H17N3O5. The van der Waals surface area contributed by atoms with Crippen LogP contribution in [0.25, 0.3) is 0 Å². The van der Waals surface area contributed by atoms with Crippen molar-refractivity contribution in [3.8, 4) is 0 Å². The molecule has 8 heteroatoms. The third kappa shape index (κ3) is 2.08. The Morgan fingerprint density at radius 2 is 2.17 bits per heavy atom. The van der Waals surface area contributed by atoms with E-state index in [1.165, 1.54) is 6.20 Å². The first-order valence-corrected chi connectivity index (χ1v) is 5.61. The molecule has 5 unspecified atom stereocenters. The van der Waals surface area contributed by atoms with Crippen molar-refractivity contribution in [2.45, 2.75) is 37.6 Å². The van der Waals surface area contributed by atoms with Crippen LogP contribution in [-0.2, 0) is 4.74 Å². The average Bonchev–Trinajstić information content (AvgIpc) is 2.61. The molecule has 8 nitrogen and oxygen atoms in total. The summed E-state index contributed by atoms with van der Waals surface area (Å²) in [4.78, 5) is 12.9. The third-order valence-corrected chi connectivity index (χ3v) is 3.14. The van der Waals surface area contributed by atoms with Gasteiger partial charge in [-0.05, 0) is 12.5 Å². The standard InChI is InChI=1S/C10H17N3O5/c1-4-2-13(10(17)12-8(4)11)9-7(16)6(15)5(3-14)18-9/h2,5-9,14-16H,3,11H2,1H3,(H,12,17). The number of ether oxygens (including phenoxy) is 1. The van der Waals surface area contributed by atoms with Crippen molar-refractivity contribution in [1.82, 2.24) is 10.2 Å². The van der Waals surface area contributed by atoms with Crippen molar-refractivity contribution in [2.24, 2.45) is 5.73 Å². The Kier molecular flexibility index (Phi) is 3.55. The molecule has 2 aliphatic heterocycles. The zero-order valence-electron chi connectivity index (χ0n) is 9.85. The van der Waals surface area contributed by atoms with Gasteiger partial charge in [0, 0.05) is 6.20 Å². The Labute approximate surface area is 104 Å². The van der Waals surface area contributed by atoms with Gasteiger partial charge in [0.25, 0.3) is 0 Å². The molecule has 2 heterocycles. The maximum atomic E-state index is 11.7. The van der Waals surface area contributed by atoms with Gasteiger partial charge < -0.3 is 31.1 Å². The molecule has 6 N–H and O–H groups in total. The van der Waals surface area contributed by atoms with E-state index < -0.39 is 43.3 Å². The molecule has 0 aromatic heterocycles. The van der Waals surface area contributed by atoms with Gasteiger partial charge in [0.15, 0.2) is 6.23 Å². The molecule has 102 valence electrons. The summed E-state index contributed by atoms with van der Waals surface area (Å²) in [5.41, 5.74) is 6.31. The highest BCUT2D eigenvalue weighted by Gasteiger charge is 2.47. The van der Waals surface area contributed by atoms with Crippen LogP contribution in [0.5, 0.6) is 0 Å². The van der Waals surface area contributed by atoms with E-state index in [9.17, 15) is 15.0 Å². The zero-order valence-corrected chi connectivity index (χ0v) is 9.85. The normalized spacial score (nSPS) is 40.7. The number of hydrogen-bond acceptors (Lipinski definition) is 6. The third-order valence-electron chi connectivity index (χ3n) is 3.14. The number of aliphatic hydroxyl groups is 3. The molecule has 2 amide bonds.